The largest absolute Gasteiger partial charge is 0.486 e. The van der Waals surface area contributed by atoms with Gasteiger partial charge >= 0.3 is 0 Å². The number of benzene rings is 2. The molecule has 0 N–H and O–H groups in total. The predicted octanol–water partition coefficient (Wildman–Crippen LogP) is 7.87. The number of thiophene rings is 1. The van der Waals surface area contributed by atoms with E-state index < -0.39 is 0 Å². The van der Waals surface area contributed by atoms with Gasteiger partial charge in [-0.1, -0.05) is 23.2 Å². The molecular weight excluding hydrogens is 436 g/mol. The summed E-state index contributed by atoms with van der Waals surface area (Å²) in [6, 6.07) is 13.6. The summed E-state index contributed by atoms with van der Waals surface area (Å²) < 4.78 is 19.2. The van der Waals surface area contributed by atoms with Gasteiger partial charge in [-0.3, -0.25) is 0 Å². The van der Waals surface area contributed by atoms with E-state index in [1.54, 1.807) is 53.0 Å². The van der Waals surface area contributed by atoms with Crippen LogP contribution in [0.5, 0.6) is 5.75 Å². The number of thiazole rings is 1. The van der Waals surface area contributed by atoms with Crippen molar-refractivity contribution >= 4 is 45.9 Å². The molecule has 0 spiro atoms. The third-order valence-electron chi connectivity index (χ3n) is 3.94. The number of aromatic nitrogens is 1. The van der Waals surface area contributed by atoms with Crippen LogP contribution in [0.25, 0.3) is 21.0 Å². The molecule has 0 bridgehead atoms. The molecule has 0 aliphatic heterocycles. The minimum Gasteiger partial charge on any atom is -0.486 e. The fourth-order valence-corrected chi connectivity index (χ4v) is 5.23. The Labute approximate surface area is 180 Å². The number of ether oxygens (including phenoxy) is 1. The average molecular weight is 450 g/mol. The minimum absolute atomic E-state index is 0.270. The Bertz CT molecular complexity index is 1100. The second-order valence-electron chi connectivity index (χ2n) is 6.17. The van der Waals surface area contributed by atoms with Crippen LogP contribution in [-0.2, 0) is 6.61 Å². The molecule has 28 heavy (non-hydrogen) atoms. The molecule has 4 aromatic rings. The Morgan fingerprint density at radius 3 is 2.39 bits per heavy atom. The van der Waals surface area contributed by atoms with E-state index in [2.05, 4.69) is 18.4 Å². The van der Waals surface area contributed by atoms with E-state index >= 15 is 0 Å². The molecule has 2 heterocycles. The van der Waals surface area contributed by atoms with Crippen molar-refractivity contribution < 1.29 is 9.13 Å². The molecule has 0 unspecified atom stereocenters. The first-order valence-corrected chi connectivity index (χ1v) is 10.8. The van der Waals surface area contributed by atoms with Gasteiger partial charge in [0.2, 0.25) is 0 Å². The molecule has 0 fully saturated rings. The van der Waals surface area contributed by atoms with Crippen molar-refractivity contribution in [1.82, 2.24) is 4.98 Å². The molecule has 2 aromatic heterocycles. The molecule has 0 atom stereocenters. The van der Waals surface area contributed by atoms with Crippen molar-refractivity contribution in [2.24, 2.45) is 0 Å². The van der Waals surface area contributed by atoms with Gasteiger partial charge in [-0.15, -0.1) is 22.7 Å². The lowest BCUT2D eigenvalue weighted by atomic mass is 10.1. The first-order chi connectivity index (χ1) is 13.5. The predicted molar refractivity (Wildman–Crippen MR) is 116 cm³/mol. The fraction of sp³-hybridized carbons (Fsp3) is 0.0952. The monoisotopic (exact) mass is 449 g/mol. The highest BCUT2D eigenvalue weighted by molar-refractivity contribution is 7.21. The van der Waals surface area contributed by atoms with E-state index in [0.29, 0.717) is 22.4 Å². The van der Waals surface area contributed by atoms with Gasteiger partial charge in [-0.2, -0.15) is 0 Å². The van der Waals surface area contributed by atoms with Crippen LogP contribution in [0, 0.1) is 12.7 Å². The van der Waals surface area contributed by atoms with E-state index in [0.717, 1.165) is 26.0 Å². The van der Waals surface area contributed by atoms with E-state index in [9.17, 15) is 4.39 Å². The van der Waals surface area contributed by atoms with Gasteiger partial charge in [-0.25, -0.2) is 9.37 Å². The maximum atomic E-state index is 13.4. The molecular formula is C21H14Cl2FNOS2. The molecule has 2 nitrogen and oxygen atoms in total. The molecule has 7 heteroatoms. The van der Waals surface area contributed by atoms with Crippen molar-refractivity contribution in [3.05, 3.63) is 80.3 Å². The van der Waals surface area contributed by atoms with Gasteiger partial charge < -0.3 is 4.74 Å². The number of hydrogen-bond donors (Lipinski definition) is 0. The Kier molecular flexibility index (Phi) is 5.69. The van der Waals surface area contributed by atoms with Crippen LogP contribution >= 0.6 is 45.9 Å². The van der Waals surface area contributed by atoms with Crippen LogP contribution in [0.3, 0.4) is 0 Å². The molecule has 2 aromatic carbocycles. The van der Waals surface area contributed by atoms with Gasteiger partial charge in [0.25, 0.3) is 0 Å². The van der Waals surface area contributed by atoms with Gasteiger partial charge in [0.05, 0.1) is 10.6 Å². The molecule has 4 rings (SSSR count). The van der Waals surface area contributed by atoms with Crippen LogP contribution in [0.1, 0.15) is 10.6 Å². The maximum Gasteiger partial charge on any atom is 0.140 e. The van der Waals surface area contributed by atoms with E-state index in [4.69, 9.17) is 32.9 Å². The third kappa shape index (κ3) is 4.39. The lowest BCUT2D eigenvalue weighted by molar-refractivity contribution is 0.305. The number of aryl methyl sites for hydroxylation is 1. The average Bonchev–Trinajstić information content (AvgIpc) is 3.26. The fourth-order valence-electron chi connectivity index (χ4n) is 2.70. The molecule has 0 saturated carbocycles. The Morgan fingerprint density at radius 2 is 1.75 bits per heavy atom. The highest BCUT2D eigenvalue weighted by atomic mass is 35.5. The standard InChI is InChI=1S/C21H14Cl2FNOS2/c1-12-6-18(27-11-12)21-20(13-2-4-16(24)5-3-13)25-19(28-21)10-26-17-8-14(22)7-15(23)9-17/h2-9,11H,10H2,1H3. The van der Waals surface area contributed by atoms with Crippen LogP contribution < -0.4 is 4.74 Å². The summed E-state index contributed by atoms with van der Waals surface area (Å²) in [6.45, 7) is 2.35. The summed E-state index contributed by atoms with van der Waals surface area (Å²) >= 11 is 15.3. The van der Waals surface area contributed by atoms with E-state index in [-0.39, 0.29) is 5.82 Å². The highest BCUT2D eigenvalue weighted by Crippen LogP contribution is 2.40. The molecule has 0 aliphatic carbocycles. The summed E-state index contributed by atoms with van der Waals surface area (Å²) in [5.41, 5.74) is 2.90. The van der Waals surface area contributed by atoms with Gasteiger partial charge in [0, 0.05) is 20.5 Å². The van der Waals surface area contributed by atoms with Crippen molar-refractivity contribution in [1.29, 1.82) is 0 Å². The summed E-state index contributed by atoms with van der Waals surface area (Å²) in [6.07, 6.45) is 0. The van der Waals surface area contributed by atoms with Gasteiger partial charge in [0.1, 0.15) is 23.2 Å². The Balaban J connectivity index is 1.67. The lowest BCUT2D eigenvalue weighted by Crippen LogP contribution is -1.95. The maximum absolute atomic E-state index is 13.4. The molecule has 0 saturated heterocycles. The Hall–Kier alpha value is -1.92. The molecule has 0 radical (unpaired) electrons. The summed E-state index contributed by atoms with van der Waals surface area (Å²) in [5.74, 6) is 0.318. The highest BCUT2D eigenvalue weighted by Gasteiger charge is 2.17. The second-order valence-corrected chi connectivity index (χ2v) is 9.04. The van der Waals surface area contributed by atoms with Gasteiger partial charge in [-0.05, 0) is 66.4 Å². The topological polar surface area (TPSA) is 22.1 Å². The van der Waals surface area contributed by atoms with Crippen LogP contribution in [0.15, 0.2) is 53.9 Å². The molecule has 0 amide bonds. The SMILES string of the molecule is Cc1csc(-c2sc(COc3cc(Cl)cc(Cl)c3)nc2-c2ccc(F)cc2)c1. The van der Waals surface area contributed by atoms with Crippen molar-refractivity contribution in [2.45, 2.75) is 13.5 Å². The number of halogens is 3. The zero-order chi connectivity index (χ0) is 19.7. The van der Waals surface area contributed by atoms with Crippen molar-refractivity contribution in [2.75, 3.05) is 0 Å². The quantitative estimate of drug-likeness (QED) is 0.309. The van der Waals surface area contributed by atoms with E-state index in [1.807, 2.05) is 0 Å². The first kappa shape index (κ1) is 19.4. The number of hydrogen-bond acceptors (Lipinski definition) is 4. The Morgan fingerprint density at radius 1 is 1.04 bits per heavy atom. The first-order valence-electron chi connectivity index (χ1n) is 8.38. The number of rotatable bonds is 5. The number of nitrogens with zero attached hydrogens (tertiary/aromatic N) is 1. The summed E-state index contributed by atoms with van der Waals surface area (Å²) in [4.78, 5) is 6.95. The van der Waals surface area contributed by atoms with Crippen LogP contribution in [0.2, 0.25) is 10.0 Å². The summed E-state index contributed by atoms with van der Waals surface area (Å²) in [7, 11) is 0. The second kappa shape index (κ2) is 8.21. The van der Waals surface area contributed by atoms with Crippen molar-refractivity contribution in [3.63, 3.8) is 0 Å². The zero-order valence-corrected chi connectivity index (χ0v) is 17.9. The van der Waals surface area contributed by atoms with Crippen LogP contribution in [0.4, 0.5) is 4.39 Å². The molecule has 142 valence electrons. The minimum atomic E-state index is -0.270. The summed E-state index contributed by atoms with van der Waals surface area (Å²) in [5, 5.41) is 3.96. The smallest absolute Gasteiger partial charge is 0.140 e. The lowest BCUT2D eigenvalue weighted by Gasteiger charge is -2.05. The van der Waals surface area contributed by atoms with Crippen LogP contribution in [-0.4, -0.2) is 4.98 Å². The normalized spacial score (nSPS) is 11.0. The third-order valence-corrected chi connectivity index (χ3v) is 6.64. The van der Waals surface area contributed by atoms with Gasteiger partial charge in [0.15, 0.2) is 0 Å². The van der Waals surface area contributed by atoms with Crippen molar-refractivity contribution in [3.8, 4) is 26.8 Å². The zero-order valence-electron chi connectivity index (χ0n) is 14.7. The molecule has 0 aliphatic rings. The van der Waals surface area contributed by atoms with E-state index in [1.165, 1.54) is 17.7 Å².